The zero-order valence-electron chi connectivity index (χ0n) is 11.5. The van der Waals surface area contributed by atoms with E-state index < -0.39 is 0 Å². The second kappa shape index (κ2) is 6.41. The smallest absolute Gasteiger partial charge is 0.306 e. The van der Waals surface area contributed by atoms with Gasteiger partial charge in [0.05, 0.1) is 19.3 Å². The number of hydrogen-bond acceptors (Lipinski definition) is 6. The summed E-state index contributed by atoms with van der Waals surface area (Å²) in [6.45, 7) is 2.09. The summed E-state index contributed by atoms with van der Waals surface area (Å²) in [5.74, 6) is 3.03. The van der Waals surface area contributed by atoms with Crippen molar-refractivity contribution in [1.29, 1.82) is 0 Å². The lowest BCUT2D eigenvalue weighted by atomic mass is 10.1. The quantitative estimate of drug-likeness (QED) is 0.684. The van der Waals surface area contributed by atoms with Crippen LogP contribution in [0.2, 0.25) is 0 Å². The van der Waals surface area contributed by atoms with Crippen LogP contribution in [-0.4, -0.2) is 29.0 Å². The van der Waals surface area contributed by atoms with Gasteiger partial charge in [0.1, 0.15) is 0 Å². The molecule has 0 aromatic carbocycles. The minimum atomic E-state index is -0.110. The van der Waals surface area contributed by atoms with E-state index in [4.69, 9.17) is 9.26 Å². The van der Waals surface area contributed by atoms with Crippen molar-refractivity contribution in [2.75, 3.05) is 12.9 Å². The average molecular weight is 284 g/mol. The van der Waals surface area contributed by atoms with Gasteiger partial charge in [-0.25, -0.2) is 0 Å². The van der Waals surface area contributed by atoms with Crippen molar-refractivity contribution < 1.29 is 14.1 Å². The van der Waals surface area contributed by atoms with Crippen molar-refractivity contribution >= 4 is 17.7 Å². The van der Waals surface area contributed by atoms with Gasteiger partial charge >= 0.3 is 5.97 Å². The van der Waals surface area contributed by atoms with E-state index in [0.717, 1.165) is 43.0 Å². The monoisotopic (exact) mass is 284 g/mol. The molecular weight excluding hydrogens is 264 g/mol. The van der Waals surface area contributed by atoms with Gasteiger partial charge in [0.25, 0.3) is 0 Å². The predicted octanol–water partition coefficient (Wildman–Crippen LogP) is 2.60. The number of carbonyl (C=O) groups excluding carboxylic acids is 1. The lowest BCUT2D eigenvalue weighted by molar-refractivity contribution is -0.141. The Kier molecular flexibility index (Phi) is 4.85. The number of thioether (sulfide) groups is 1. The lowest BCUT2D eigenvalue weighted by Gasteiger charge is -2.11. The van der Waals surface area contributed by atoms with Crippen molar-refractivity contribution in [3.8, 4) is 0 Å². The average Bonchev–Trinajstić information content (AvgIpc) is 3.00. The number of rotatable bonds is 8. The molecule has 0 radical (unpaired) electrons. The number of carbonyl (C=O) groups is 1. The van der Waals surface area contributed by atoms with Crippen LogP contribution in [0.3, 0.4) is 0 Å². The molecule has 1 heterocycles. The summed E-state index contributed by atoms with van der Waals surface area (Å²) in [6.07, 6.45) is 4.64. The largest absolute Gasteiger partial charge is 0.469 e. The summed E-state index contributed by atoms with van der Waals surface area (Å²) in [7, 11) is 1.44. The van der Waals surface area contributed by atoms with Crippen LogP contribution in [0.25, 0.3) is 0 Å². The first-order chi connectivity index (χ1) is 9.17. The van der Waals surface area contributed by atoms with Crippen LogP contribution in [0.5, 0.6) is 0 Å². The SMILES string of the molecule is CCCc1noc(CSCC2(CC(=O)OC)CC2)n1. The van der Waals surface area contributed by atoms with Gasteiger partial charge in [-0.1, -0.05) is 12.1 Å². The maximum absolute atomic E-state index is 11.3. The first-order valence-corrected chi connectivity index (χ1v) is 7.79. The molecule has 0 spiro atoms. The summed E-state index contributed by atoms with van der Waals surface area (Å²) in [4.78, 5) is 15.6. The van der Waals surface area contributed by atoms with Gasteiger partial charge < -0.3 is 9.26 Å². The molecule has 0 bridgehead atoms. The summed E-state index contributed by atoms with van der Waals surface area (Å²) in [6, 6.07) is 0. The van der Waals surface area contributed by atoms with Crippen molar-refractivity contribution in [3.63, 3.8) is 0 Å². The van der Waals surface area contributed by atoms with Crippen molar-refractivity contribution in [2.45, 2.75) is 44.8 Å². The highest BCUT2D eigenvalue weighted by molar-refractivity contribution is 7.98. The van der Waals surface area contributed by atoms with Crippen LogP contribution in [-0.2, 0) is 21.7 Å². The first-order valence-electron chi connectivity index (χ1n) is 6.63. The highest BCUT2D eigenvalue weighted by Gasteiger charge is 2.44. The molecule has 5 nitrogen and oxygen atoms in total. The van der Waals surface area contributed by atoms with Crippen LogP contribution in [0, 0.1) is 5.41 Å². The number of aromatic nitrogens is 2. The number of esters is 1. The highest BCUT2D eigenvalue weighted by Crippen LogP contribution is 2.51. The van der Waals surface area contributed by atoms with Crippen LogP contribution < -0.4 is 0 Å². The van der Waals surface area contributed by atoms with Gasteiger partial charge in [0, 0.05) is 6.42 Å². The fraction of sp³-hybridized carbons (Fsp3) is 0.769. The molecular formula is C13H20N2O3S. The Hall–Kier alpha value is -1.04. The Bertz CT molecular complexity index is 429. The first kappa shape index (κ1) is 14.4. The van der Waals surface area contributed by atoms with E-state index in [0.29, 0.717) is 12.3 Å². The van der Waals surface area contributed by atoms with E-state index in [1.807, 2.05) is 0 Å². The van der Waals surface area contributed by atoms with Crippen molar-refractivity contribution in [3.05, 3.63) is 11.7 Å². The predicted molar refractivity (Wildman–Crippen MR) is 72.8 cm³/mol. The topological polar surface area (TPSA) is 65.2 Å². The zero-order valence-corrected chi connectivity index (χ0v) is 12.3. The van der Waals surface area contributed by atoms with E-state index in [2.05, 4.69) is 17.1 Å². The Morgan fingerprint density at radius 2 is 2.32 bits per heavy atom. The van der Waals surface area contributed by atoms with Gasteiger partial charge in [-0.15, -0.1) is 0 Å². The third-order valence-corrected chi connectivity index (χ3v) is 4.59. The number of hydrogen-bond donors (Lipinski definition) is 0. The Morgan fingerprint density at radius 1 is 1.53 bits per heavy atom. The fourth-order valence-electron chi connectivity index (χ4n) is 1.96. The van der Waals surface area contributed by atoms with E-state index >= 15 is 0 Å². The Labute approximate surface area is 117 Å². The van der Waals surface area contributed by atoms with Crippen molar-refractivity contribution in [1.82, 2.24) is 10.1 Å². The summed E-state index contributed by atoms with van der Waals surface area (Å²) in [5, 5.41) is 3.92. The van der Waals surface area contributed by atoms with E-state index in [9.17, 15) is 4.79 Å². The molecule has 106 valence electrons. The Balaban J connectivity index is 1.72. The molecule has 6 heteroatoms. The molecule has 1 aliphatic carbocycles. The van der Waals surface area contributed by atoms with E-state index in [1.54, 1.807) is 11.8 Å². The maximum Gasteiger partial charge on any atom is 0.306 e. The number of aryl methyl sites for hydroxylation is 1. The normalized spacial score (nSPS) is 16.3. The van der Waals surface area contributed by atoms with E-state index in [1.165, 1.54) is 7.11 Å². The van der Waals surface area contributed by atoms with E-state index in [-0.39, 0.29) is 11.4 Å². The molecule has 0 aliphatic heterocycles. The van der Waals surface area contributed by atoms with Gasteiger partial charge in [0.15, 0.2) is 5.82 Å². The highest BCUT2D eigenvalue weighted by atomic mass is 32.2. The second-order valence-electron chi connectivity index (χ2n) is 5.10. The number of nitrogens with zero attached hydrogens (tertiary/aromatic N) is 2. The molecule has 0 saturated heterocycles. The van der Waals surface area contributed by atoms with Crippen LogP contribution in [0.15, 0.2) is 4.52 Å². The molecule has 0 unspecified atom stereocenters. The molecule has 0 atom stereocenters. The minimum absolute atomic E-state index is 0.110. The Morgan fingerprint density at radius 3 is 2.95 bits per heavy atom. The summed E-state index contributed by atoms with van der Waals surface area (Å²) >= 11 is 1.76. The fourth-order valence-corrected chi connectivity index (χ4v) is 3.17. The number of methoxy groups -OCH3 is 1. The van der Waals surface area contributed by atoms with Crippen LogP contribution >= 0.6 is 11.8 Å². The van der Waals surface area contributed by atoms with Gasteiger partial charge in [-0.2, -0.15) is 16.7 Å². The standard InChI is InChI=1S/C13H20N2O3S/c1-3-4-10-14-11(18-15-10)8-19-9-13(5-6-13)7-12(16)17-2/h3-9H2,1-2H3. The molecule has 19 heavy (non-hydrogen) atoms. The summed E-state index contributed by atoms with van der Waals surface area (Å²) in [5.41, 5.74) is 0.157. The second-order valence-corrected chi connectivity index (χ2v) is 6.09. The molecule has 1 saturated carbocycles. The van der Waals surface area contributed by atoms with Crippen molar-refractivity contribution in [2.24, 2.45) is 5.41 Å². The van der Waals surface area contributed by atoms with Crippen LogP contribution in [0.4, 0.5) is 0 Å². The van der Waals surface area contributed by atoms with Crippen LogP contribution in [0.1, 0.15) is 44.3 Å². The van der Waals surface area contributed by atoms with Gasteiger partial charge in [0.2, 0.25) is 5.89 Å². The van der Waals surface area contributed by atoms with Gasteiger partial charge in [-0.3, -0.25) is 4.79 Å². The molecule has 1 fully saturated rings. The zero-order chi connectivity index (χ0) is 13.7. The minimum Gasteiger partial charge on any atom is -0.469 e. The maximum atomic E-state index is 11.3. The third kappa shape index (κ3) is 4.23. The number of ether oxygens (including phenoxy) is 1. The lowest BCUT2D eigenvalue weighted by Crippen LogP contribution is -2.13. The molecule has 1 aromatic rings. The summed E-state index contributed by atoms with van der Waals surface area (Å²) < 4.78 is 9.91. The van der Waals surface area contributed by atoms with Gasteiger partial charge in [-0.05, 0) is 30.4 Å². The third-order valence-electron chi connectivity index (χ3n) is 3.32. The molecule has 0 amide bonds. The molecule has 1 aromatic heterocycles. The molecule has 1 aliphatic rings. The molecule has 0 N–H and O–H groups in total. The molecule has 2 rings (SSSR count).